The predicted molar refractivity (Wildman–Crippen MR) is 79.4 cm³/mol. The van der Waals surface area contributed by atoms with E-state index in [1.165, 1.54) is 6.07 Å². The number of ether oxygens (including phenoxy) is 1. The molecule has 0 saturated carbocycles. The normalized spacial score (nSPS) is 10.2. The Kier molecular flexibility index (Phi) is 6.37. The van der Waals surface area contributed by atoms with E-state index in [1.54, 1.807) is 32.9 Å². The second kappa shape index (κ2) is 8.02. The minimum Gasteiger partial charge on any atom is -0.507 e. The fourth-order valence-corrected chi connectivity index (χ4v) is 1.64. The first kappa shape index (κ1) is 17.5. The summed E-state index contributed by atoms with van der Waals surface area (Å²) in [5.74, 6) is -1.90. The lowest BCUT2D eigenvalue weighted by Gasteiger charge is -2.10. The van der Waals surface area contributed by atoms with E-state index in [9.17, 15) is 19.5 Å². The van der Waals surface area contributed by atoms with E-state index in [0.29, 0.717) is 5.56 Å². The maximum atomic E-state index is 11.8. The molecule has 0 fully saturated rings. The Morgan fingerprint density at radius 3 is 2.55 bits per heavy atom. The third-order valence-corrected chi connectivity index (χ3v) is 2.69. The number of para-hydroxylation sites is 1. The smallest absolute Gasteiger partial charge is 0.342 e. The molecule has 0 bridgehead atoms. The first-order valence-corrected chi connectivity index (χ1v) is 6.83. The van der Waals surface area contributed by atoms with Crippen LogP contribution >= 0.6 is 0 Å². The second-order valence-electron chi connectivity index (χ2n) is 5.05. The van der Waals surface area contributed by atoms with Crippen molar-refractivity contribution in [2.75, 3.05) is 13.2 Å². The number of carbonyl (C=O) groups is 3. The van der Waals surface area contributed by atoms with Crippen molar-refractivity contribution in [1.82, 2.24) is 10.6 Å². The zero-order chi connectivity index (χ0) is 16.7. The van der Waals surface area contributed by atoms with Crippen LogP contribution < -0.4 is 10.6 Å². The zero-order valence-electron chi connectivity index (χ0n) is 12.8. The monoisotopic (exact) mass is 308 g/mol. The van der Waals surface area contributed by atoms with Gasteiger partial charge in [-0.2, -0.15) is 0 Å². The molecule has 0 aliphatic carbocycles. The van der Waals surface area contributed by atoms with Crippen molar-refractivity contribution in [3.8, 4) is 5.75 Å². The van der Waals surface area contributed by atoms with Crippen LogP contribution in [0.1, 0.15) is 29.8 Å². The number of phenolic OH excluding ortho intramolecular Hbond substituents is 1. The number of amides is 2. The van der Waals surface area contributed by atoms with Gasteiger partial charge in [-0.05, 0) is 32.4 Å². The molecule has 0 aliphatic heterocycles. The molecule has 1 rings (SSSR count). The number of nitrogens with one attached hydrogen (secondary N) is 2. The van der Waals surface area contributed by atoms with Gasteiger partial charge in [-0.3, -0.25) is 9.59 Å². The maximum Gasteiger partial charge on any atom is 0.342 e. The number of carbonyl (C=O) groups excluding carboxylic acids is 3. The van der Waals surface area contributed by atoms with Gasteiger partial charge in [0.25, 0.3) is 5.91 Å². The predicted octanol–water partition coefficient (Wildman–Crippen LogP) is 0.498. The van der Waals surface area contributed by atoms with Gasteiger partial charge in [-0.25, -0.2) is 4.79 Å². The highest BCUT2D eigenvalue weighted by Gasteiger charge is 2.15. The lowest BCUT2D eigenvalue weighted by molar-refractivity contribution is -0.128. The molecule has 0 aromatic heterocycles. The van der Waals surface area contributed by atoms with Crippen molar-refractivity contribution < 1.29 is 24.2 Å². The Morgan fingerprint density at radius 2 is 1.91 bits per heavy atom. The fourth-order valence-electron chi connectivity index (χ4n) is 1.64. The standard InChI is InChI=1S/C15H20N2O5/c1-9(2)17-12(18)7-16-13(19)8-22-15(21)11-6-4-5-10(3)14(11)20/h4-6,9,20H,7-8H2,1-3H3,(H,16,19)(H,17,18). The van der Waals surface area contributed by atoms with Gasteiger partial charge < -0.3 is 20.5 Å². The Morgan fingerprint density at radius 1 is 1.23 bits per heavy atom. The van der Waals surface area contributed by atoms with E-state index < -0.39 is 18.5 Å². The van der Waals surface area contributed by atoms with Crippen molar-refractivity contribution in [2.45, 2.75) is 26.8 Å². The first-order chi connectivity index (χ1) is 10.3. The van der Waals surface area contributed by atoms with Gasteiger partial charge in [-0.15, -0.1) is 0 Å². The van der Waals surface area contributed by atoms with E-state index in [0.717, 1.165) is 0 Å². The molecule has 0 heterocycles. The van der Waals surface area contributed by atoms with Crippen LogP contribution in [0.2, 0.25) is 0 Å². The van der Waals surface area contributed by atoms with Crippen LogP contribution in [-0.2, 0) is 14.3 Å². The van der Waals surface area contributed by atoms with Crippen LogP contribution in [0.25, 0.3) is 0 Å². The van der Waals surface area contributed by atoms with Crippen LogP contribution in [-0.4, -0.2) is 42.1 Å². The van der Waals surface area contributed by atoms with Gasteiger partial charge in [0.2, 0.25) is 5.91 Å². The molecule has 1 aromatic carbocycles. The molecule has 0 spiro atoms. The van der Waals surface area contributed by atoms with Gasteiger partial charge in [0.05, 0.1) is 6.54 Å². The van der Waals surface area contributed by atoms with Crippen molar-refractivity contribution in [3.63, 3.8) is 0 Å². The van der Waals surface area contributed by atoms with E-state index in [4.69, 9.17) is 4.74 Å². The SMILES string of the molecule is Cc1cccc(C(=O)OCC(=O)NCC(=O)NC(C)C)c1O. The molecular formula is C15H20N2O5. The van der Waals surface area contributed by atoms with Crippen molar-refractivity contribution in [1.29, 1.82) is 0 Å². The summed E-state index contributed by atoms with van der Waals surface area (Å²) in [5, 5.41) is 14.7. The summed E-state index contributed by atoms with van der Waals surface area (Å²) in [5.41, 5.74) is 0.523. The van der Waals surface area contributed by atoms with Gasteiger partial charge in [0, 0.05) is 6.04 Å². The highest BCUT2D eigenvalue weighted by Crippen LogP contribution is 2.21. The lowest BCUT2D eigenvalue weighted by atomic mass is 10.1. The van der Waals surface area contributed by atoms with Crippen LogP contribution in [0, 0.1) is 6.92 Å². The topological polar surface area (TPSA) is 105 Å². The van der Waals surface area contributed by atoms with E-state index in [-0.39, 0.29) is 29.8 Å². The average molecular weight is 308 g/mol. The van der Waals surface area contributed by atoms with Crippen molar-refractivity contribution >= 4 is 17.8 Å². The van der Waals surface area contributed by atoms with Gasteiger partial charge >= 0.3 is 5.97 Å². The minimum absolute atomic E-state index is 0.00893. The van der Waals surface area contributed by atoms with Crippen molar-refractivity contribution in [2.24, 2.45) is 0 Å². The van der Waals surface area contributed by atoms with E-state index in [2.05, 4.69) is 10.6 Å². The minimum atomic E-state index is -0.803. The lowest BCUT2D eigenvalue weighted by Crippen LogP contribution is -2.41. The Bertz CT molecular complexity index is 569. The van der Waals surface area contributed by atoms with Gasteiger partial charge in [0.1, 0.15) is 11.3 Å². The second-order valence-corrected chi connectivity index (χ2v) is 5.05. The Hall–Kier alpha value is -2.57. The molecule has 1 aromatic rings. The summed E-state index contributed by atoms with van der Waals surface area (Å²) in [6.45, 7) is 4.53. The quantitative estimate of drug-likeness (QED) is 0.664. The summed E-state index contributed by atoms with van der Waals surface area (Å²) >= 11 is 0. The first-order valence-electron chi connectivity index (χ1n) is 6.83. The van der Waals surface area contributed by atoms with E-state index >= 15 is 0 Å². The van der Waals surface area contributed by atoms with Crippen LogP contribution in [0.5, 0.6) is 5.75 Å². The number of esters is 1. The number of rotatable bonds is 6. The largest absolute Gasteiger partial charge is 0.507 e. The number of hydrogen-bond acceptors (Lipinski definition) is 5. The number of benzene rings is 1. The molecule has 0 unspecified atom stereocenters. The molecule has 0 radical (unpaired) electrons. The number of hydrogen-bond donors (Lipinski definition) is 3. The molecule has 3 N–H and O–H groups in total. The number of phenols is 1. The molecule has 0 aliphatic rings. The molecule has 0 atom stereocenters. The summed E-state index contributed by atoms with van der Waals surface area (Å²) in [6.07, 6.45) is 0. The molecule has 120 valence electrons. The Labute approximate surface area is 128 Å². The summed E-state index contributed by atoms with van der Waals surface area (Å²) in [7, 11) is 0. The zero-order valence-corrected chi connectivity index (χ0v) is 12.8. The highest BCUT2D eigenvalue weighted by atomic mass is 16.5. The van der Waals surface area contributed by atoms with Crippen LogP contribution in [0.4, 0.5) is 0 Å². The van der Waals surface area contributed by atoms with E-state index in [1.807, 2.05) is 0 Å². The maximum absolute atomic E-state index is 11.8. The third kappa shape index (κ3) is 5.43. The summed E-state index contributed by atoms with van der Waals surface area (Å²) in [6, 6.07) is 4.62. The summed E-state index contributed by atoms with van der Waals surface area (Å²) in [4.78, 5) is 34.6. The van der Waals surface area contributed by atoms with Crippen LogP contribution in [0.15, 0.2) is 18.2 Å². The number of aromatic hydroxyl groups is 1. The molecule has 7 nitrogen and oxygen atoms in total. The fraction of sp³-hybridized carbons (Fsp3) is 0.400. The molecule has 2 amide bonds. The molecule has 22 heavy (non-hydrogen) atoms. The van der Waals surface area contributed by atoms with Gasteiger partial charge in [0.15, 0.2) is 6.61 Å². The third-order valence-electron chi connectivity index (χ3n) is 2.69. The highest BCUT2D eigenvalue weighted by molar-refractivity contribution is 5.94. The molecular weight excluding hydrogens is 288 g/mol. The summed E-state index contributed by atoms with van der Waals surface area (Å²) < 4.78 is 4.80. The van der Waals surface area contributed by atoms with Crippen LogP contribution in [0.3, 0.4) is 0 Å². The number of aryl methyl sites for hydroxylation is 1. The Balaban J connectivity index is 2.42. The van der Waals surface area contributed by atoms with Gasteiger partial charge in [-0.1, -0.05) is 12.1 Å². The molecule has 0 saturated heterocycles. The van der Waals surface area contributed by atoms with Crippen molar-refractivity contribution in [3.05, 3.63) is 29.3 Å². The molecule has 7 heteroatoms. The average Bonchev–Trinajstić information content (AvgIpc) is 2.44.